The van der Waals surface area contributed by atoms with E-state index in [1.807, 2.05) is 0 Å². The molecule has 1 rings (SSSR count). The van der Waals surface area contributed by atoms with E-state index in [0.29, 0.717) is 0 Å². The molecule has 1 aromatic rings. The molecule has 0 radical (unpaired) electrons. The summed E-state index contributed by atoms with van der Waals surface area (Å²) in [4.78, 5) is 0. The van der Waals surface area contributed by atoms with Gasteiger partial charge in [0.1, 0.15) is 17.3 Å². The van der Waals surface area contributed by atoms with Crippen LogP contribution < -0.4 is 4.72 Å². The predicted molar refractivity (Wildman–Crippen MR) is 54.0 cm³/mol. The van der Waals surface area contributed by atoms with Gasteiger partial charge in [0.25, 0.3) is 0 Å². The number of nitrogens with zero attached hydrogens (tertiary/aromatic N) is 1. The van der Waals surface area contributed by atoms with Crippen LogP contribution in [0.15, 0.2) is 18.2 Å². The zero-order valence-electron chi connectivity index (χ0n) is 8.24. The van der Waals surface area contributed by atoms with Crippen LogP contribution >= 0.6 is 0 Å². The van der Waals surface area contributed by atoms with E-state index in [-0.39, 0.29) is 0 Å². The van der Waals surface area contributed by atoms with Crippen LogP contribution in [0.25, 0.3) is 0 Å². The Morgan fingerprint density at radius 3 is 2.31 bits per heavy atom. The second-order valence-electron chi connectivity index (χ2n) is 3.02. The first-order chi connectivity index (χ1) is 7.38. The summed E-state index contributed by atoms with van der Waals surface area (Å²) in [5.74, 6) is -2.07. The molecule has 0 amide bonds. The number of benzene rings is 1. The van der Waals surface area contributed by atoms with Crippen molar-refractivity contribution in [1.29, 1.82) is 5.26 Å². The third-order valence-electron chi connectivity index (χ3n) is 1.85. The molecule has 1 N–H and O–H groups in total. The van der Waals surface area contributed by atoms with Gasteiger partial charge in [-0.1, -0.05) is 6.07 Å². The molecule has 0 aliphatic carbocycles. The number of hydrogen-bond acceptors (Lipinski definition) is 3. The van der Waals surface area contributed by atoms with E-state index in [1.165, 1.54) is 6.07 Å². The number of anilines is 1. The molecule has 86 valence electrons. The van der Waals surface area contributed by atoms with Gasteiger partial charge in [0.05, 0.1) is 6.07 Å². The Kier molecular flexibility index (Phi) is 3.44. The molecule has 0 bridgehead atoms. The van der Waals surface area contributed by atoms with E-state index in [1.54, 1.807) is 4.72 Å². The van der Waals surface area contributed by atoms with Crippen LogP contribution in [0.2, 0.25) is 0 Å². The van der Waals surface area contributed by atoms with Gasteiger partial charge in [-0.05, 0) is 19.1 Å². The Labute approximate surface area is 91.6 Å². The normalized spacial score (nSPS) is 12.9. The van der Waals surface area contributed by atoms with Gasteiger partial charge in [-0.2, -0.15) is 5.26 Å². The summed E-state index contributed by atoms with van der Waals surface area (Å²) >= 11 is 0. The van der Waals surface area contributed by atoms with E-state index in [0.717, 1.165) is 25.1 Å². The van der Waals surface area contributed by atoms with Crippen molar-refractivity contribution in [2.45, 2.75) is 12.2 Å². The molecule has 0 fully saturated rings. The first-order valence-electron chi connectivity index (χ1n) is 4.23. The highest BCUT2D eigenvalue weighted by Gasteiger charge is 2.23. The fourth-order valence-electron chi connectivity index (χ4n) is 0.895. The van der Waals surface area contributed by atoms with Crippen LogP contribution in [-0.2, 0) is 10.0 Å². The molecule has 0 heterocycles. The first-order valence-corrected chi connectivity index (χ1v) is 5.78. The van der Waals surface area contributed by atoms with Crippen molar-refractivity contribution < 1.29 is 17.2 Å². The first kappa shape index (κ1) is 12.4. The van der Waals surface area contributed by atoms with Gasteiger partial charge in [-0.3, -0.25) is 4.72 Å². The molecule has 1 atom stereocenters. The minimum absolute atomic E-state index is 0.774. The Balaban J connectivity index is 3.12. The van der Waals surface area contributed by atoms with Gasteiger partial charge in [0, 0.05) is 0 Å². The summed E-state index contributed by atoms with van der Waals surface area (Å²) in [7, 11) is -4.10. The average molecular weight is 246 g/mol. The summed E-state index contributed by atoms with van der Waals surface area (Å²) in [6, 6.07) is 4.41. The van der Waals surface area contributed by atoms with Crippen molar-refractivity contribution in [1.82, 2.24) is 0 Å². The highest BCUT2D eigenvalue weighted by Crippen LogP contribution is 2.20. The van der Waals surface area contributed by atoms with Crippen molar-refractivity contribution in [3.63, 3.8) is 0 Å². The molecule has 0 aromatic heterocycles. The van der Waals surface area contributed by atoms with Crippen molar-refractivity contribution in [3.8, 4) is 6.07 Å². The van der Waals surface area contributed by atoms with Crippen LogP contribution in [0.4, 0.5) is 14.5 Å². The Morgan fingerprint density at radius 1 is 1.38 bits per heavy atom. The zero-order chi connectivity index (χ0) is 12.3. The number of nitrogens with one attached hydrogen (secondary N) is 1. The summed E-state index contributed by atoms with van der Waals surface area (Å²) in [5.41, 5.74) is -0.774. The Hall–Kier alpha value is -1.68. The molecule has 1 aromatic carbocycles. The lowest BCUT2D eigenvalue weighted by atomic mass is 10.3. The third kappa shape index (κ3) is 2.46. The fourth-order valence-corrected chi connectivity index (χ4v) is 1.69. The predicted octanol–water partition coefficient (Wildman–Crippen LogP) is 1.62. The number of rotatable bonds is 3. The van der Waals surface area contributed by atoms with Gasteiger partial charge in [0.2, 0.25) is 10.0 Å². The maximum absolute atomic E-state index is 13.1. The van der Waals surface area contributed by atoms with Crippen LogP contribution in [0.3, 0.4) is 0 Å². The number of halogens is 2. The molecular weight excluding hydrogens is 238 g/mol. The second-order valence-corrected chi connectivity index (χ2v) is 5.02. The molecule has 0 saturated carbocycles. The van der Waals surface area contributed by atoms with E-state index in [4.69, 9.17) is 5.26 Å². The Morgan fingerprint density at radius 2 is 1.88 bits per heavy atom. The highest BCUT2D eigenvalue weighted by atomic mass is 32.2. The molecule has 1 unspecified atom stereocenters. The minimum Gasteiger partial charge on any atom is -0.277 e. The maximum Gasteiger partial charge on any atom is 0.249 e. The highest BCUT2D eigenvalue weighted by molar-refractivity contribution is 7.93. The van der Waals surface area contributed by atoms with E-state index >= 15 is 0 Å². The third-order valence-corrected chi connectivity index (χ3v) is 3.38. The second kappa shape index (κ2) is 4.45. The summed E-state index contributed by atoms with van der Waals surface area (Å²) < 4.78 is 50.6. The number of sulfonamides is 1. The van der Waals surface area contributed by atoms with Crippen molar-refractivity contribution >= 4 is 15.7 Å². The zero-order valence-corrected chi connectivity index (χ0v) is 9.05. The lowest BCUT2D eigenvalue weighted by molar-refractivity contribution is 0.581. The van der Waals surface area contributed by atoms with Crippen LogP contribution in [0.1, 0.15) is 6.92 Å². The monoisotopic (exact) mass is 246 g/mol. The van der Waals surface area contributed by atoms with Gasteiger partial charge >= 0.3 is 0 Å². The molecule has 0 saturated heterocycles. The topological polar surface area (TPSA) is 70.0 Å². The van der Waals surface area contributed by atoms with E-state index < -0.39 is 32.6 Å². The summed E-state index contributed by atoms with van der Waals surface area (Å²) in [6.07, 6.45) is 0. The van der Waals surface area contributed by atoms with Crippen molar-refractivity contribution in [2.24, 2.45) is 0 Å². The van der Waals surface area contributed by atoms with Gasteiger partial charge in [0.15, 0.2) is 5.25 Å². The maximum atomic E-state index is 13.1. The summed E-state index contributed by atoms with van der Waals surface area (Å²) in [5, 5.41) is 7.03. The number of nitriles is 1. The molecule has 0 aliphatic rings. The van der Waals surface area contributed by atoms with Crippen molar-refractivity contribution in [3.05, 3.63) is 29.8 Å². The van der Waals surface area contributed by atoms with E-state index in [9.17, 15) is 17.2 Å². The van der Waals surface area contributed by atoms with Gasteiger partial charge in [-0.15, -0.1) is 0 Å². The van der Waals surface area contributed by atoms with Gasteiger partial charge in [-0.25, -0.2) is 17.2 Å². The molecule has 0 aliphatic heterocycles. The fraction of sp³-hybridized carbons (Fsp3) is 0.222. The largest absolute Gasteiger partial charge is 0.277 e. The summed E-state index contributed by atoms with van der Waals surface area (Å²) in [6.45, 7) is 1.11. The molecule has 16 heavy (non-hydrogen) atoms. The van der Waals surface area contributed by atoms with Crippen molar-refractivity contribution in [2.75, 3.05) is 4.72 Å². The molecule has 0 spiro atoms. The SMILES string of the molecule is CC(C#N)S(=O)(=O)Nc1c(F)cccc1F. The average Bonchev–Trinajstić information content (AvgIpc) is 2.22. The molecule has 7 heteroatoms. The Bertz CT molecular complexity index is 517. The van der Waals surface area contributed by atoms with Crippen LogP contribution in [0, 0.1) is 23.0 Å². The van der Waals surface area contributed by atoms with E-state index in [2.05, 4.69) is 0 Å². The van der Waals surface area contributed by atoms with Crippen LogP contribution in [0.5, 0.6) is 0 Å². The van der Waals surface area contributed by atoms with Gasteiger partial charge < -0.3 is 0 Å². The molecule has 4 nitrogen and oxygen atoms in total. The lowest BCUT2D eigenvalue weighted by Gasteiger charge is -2.10. The molecular formula is C9H8F2N2O2S. The number of para-hydroxylation sites is 1. The number of hydrogen-bond donors (Lipinski definition) is 1. The smallest absolute Gasteiger partial charge is 0.249 e. The lowest BCUT2D eigenvalue weighted by Crippen LogP contribution is -2.24. The standard InChI is InChI=1S/C9H8F2N2O2S/c1-6(5-12)16(14,15)13-9-7(10)3-2-4-8(9)11/h2-4,6,13H,1H3. The van der Waals surface area contributed by atoms with Crippen LogP contribution in [-0.4, -0.2) is 13.7 Å². The minimum atomic E-state index is -4.10. The quantitative estimate of drug-likeness (QED) is 0.880.